The van der Waals surface area contributed by atoms with E-state index in [1.54, 1.807) is 0 Å². The van der Waals surface area contributed by atoms with Crippen LogP contribution < -0.4 is 11.1 Å². The Morgan fingerprint density at radius 2 is 1.80 bits per heavy atom. The van der Waals surface area contributed by atoms with Crippen LogP contribution in [0.2, 0.25) is 5.02 Å². The summed E-state index contributed by atoms with van der Waals surface area (Å²) in [4.78, 5) is 4.49. The van der Waals surface area contributed by atoms with E-state index in [9.17, 15) is 0 Å². The summed E-state index contributed by atoms with van der Waals surface area (Å²) < 4.78 is 0. The number of halogens is 1. The molecule has 3 rings (SSSR count). The average Bonchev–Trinajstić information content (AvgIpc) is 2.47. The van der Waals surface area contributed by atoms with Crippen molar-refractivity contribution in [1.29, 1.82) is 0 Å². The Morgan fingerprint density at radius 3 is 2.55 bits per heavy atom. The number of benzene rings is 2. The number of nitrogens with one attached hydrogen (secondary N) is 1. The van der Waals surface area contributed by atoms with Crippen molar-refractivity contribution in [3.63, 3.8) is 0 Å². The Balaban J connectivity index is 1.88. The molecule has 3 nitrogen and oxygen atoms in total. The summed E-state index contributed by atoms with van der Waals surface area (Å²) in [6.07, 6.45) is 0.866. The number of hydrogen-bond donors (Lipinski definition) is 2. The minimum atomic E-state index is 0.0418. The van der Waals surface area contributed by atoms with E-state index in [0.29, 0.717) is 5.96 Å². The summed E-state index contributed by atoms with van der Waals surface area (Å²) in [5, 5.41) is 3.97. The molecule has 1 heterocycles. The number of hydrogen-bond acceptors (Lipinski definition) is 3. The molecule has 102 valence electrons. The summed E-state index contributed by atoms with van der Waals surface area (Å²) in [5.74, 6) is 0.482. The van der Waals surface area contributed by atoms with E-state index in [1.165, 1.54) is 5.56 Å². The summed E-state index contributed by atoms with van der Waals surface area (Å²) >= 11 is 6.06. The fourth-order valence-corrected chi connectivity index (χ4v) is 2.75. The number of nitrogens with two attached hydrogens (primary N) is 1. The van der Waals surface area contributed by atoms with E-state index in [0.717, 1.165) is 17.0 Å². The molecule has 0 aromatic heterocycles. The molecular formula is C16H16ClN3. The van der Waals surface area contributed by atoms with Gasteiger partial charge in [0.25, 0.3) is 0 Å². The van der Waals surface area contributed by atoms with Crippen molar-refractivity contribution in [1.82, 2.24) is 5.32 Å². The molecule has 2 aromatic carbocycles. The van der Waals surface area contributed by atoms with Crippen LogP contribution in [-0.2, 0) is 0 Å². The SMILES string of the molecule is NC1=NC(c2cccc(Cl)c2)CC(c2ccccc2)N1. The van der Waals surface area contributed by atoms with Crippen LogP contribution in [0.25, 0.3) is 0 Å². The van der Waals surface area contributed by atoms with Gasteiger partial charge in [0.05, 0.1) is 12.1 Å². The first-order valence-corrected chi connectivity index (χ1v) is 7.00. The average molecular weight is 286 g/mol. The van der Waals surface area contributed by atoms with Gasteiger partial charge in [0.15, 0.2) is 5.96 Å². The molecule has 4 heteroatoms. The number of nitrogens with zero attached hydrogens (tertiary/aromatic N) is 1. The standard InChI is InChI=1S/C16H16ClN3/c17-13-8-4-7-12(9-13)15-10-14(19-16(18)20-15)11-5-2-1-3-6-11/h1-9,14-15H,10H2,(H3,18,19,20). The van der Waals surface area contributed by atoms with E-state index >= 15 is 0 Å². The van der Waals surface area contributed by atoms with Gasteiger partial charge in [-0.2, -0.15) is 0 Å². The molecule has 0 radical (unpaired) electrons. The van der Waals surface area contributed by atoms with Gasteiger partial charge in [0.1, 0.15) is 0 Å². The Kier molecular flexibility index (Phi) is 3.61. The molecule has 0 fully saturated rings. The summed E-state index contributed by atoms with van der Waals surface area (Å²) in [6, 6.07) is 18.3. The molecule has 0 spiro atoms. The van der Waals surface area contributed by atoms with Crippen molar-refractivity contribution in [2.24, 2.45) is 10.7 Å². The van der Waals surface area contributed by atoms with E-state index in [4.69, 9.17) is 17.3 Å². The van der Waals surface area contributed by atoms with E-state index in [2.05, 4.69) is 22.4 Å². The van der Waals surface area contributed by atoms with Crippen LogP contribution in [0.4, 0.5) is 0 Å². The lowest BCUT2D eigenvalue weighted by Crippen LogP contribution is -2.39. The van der Waals surface area contributed by atoms with Crippen LogP contribution >= 0.6 is 11.6 Å². The summed E-state index contributed by atoms with van der Waals surface area (Å²) in [7, 11) is 0. The first-order valence-electron chi connectivity index (χ1n) is 6.62. The third-order valence-corrected chi connectivity index (χ3v) is 3.75. The second-order valence-corrected chi connectivity index (χ2v) is 5.36. The molecule has 0 aliphatic carbocycles. The van der Waals surface area contributed by atoms with Gasteiger partial charge < -0.3 is 11.1 Å². The van der Waals surface area contributed by atoms with Crippen molar-refractivity contribution >= 4 is 17.6 Å². The normalized spacial score (nSPS) is 21.9. The molecular weight excluding hydrogens is 270 g/mol. The quantitative estimate of drug-likeness (QED) is 0.888. The maximum atomic E-state index is 6.06. The zero-order chi connectivity index (χ0) is 13.9. The molecule has 2 aromatic rings. The van der Waals surface area contributed by atoms with Gasteiger partial charge in [-0.05, 0) is 29.7 Å². The lowest BCUT2D eigenvalue weighted by Gasteiger charge is -2.28. The van der Waals surface area contributed by atoms with Crippen LogP contribution in [0.5, 0.6) is 0 Å². The Morgan fingerprint density at radius 1 is 1.05 bits per heavy atom. The van der Waals surface area contributed by atoms with Crippen LogP contribution in [0, 0.1) is 0 Å². The molecule has 0 saturated heterocycles. The minimum Gasteiger partial charge on any atom is -0.370 e. The number of rotatable bonds is 2. The van der Waals surface area contributed by atoms with E-state index < -0.39 is 0 Å². The van der Waals surface area contributed by atoms with Crippen molar-refractivity contribution in [2.45, 2.75) is 18.5 Å². The van der Waals surface area contributed by atoms with Gasteiger partial charge in [-0.25, -0.2) is 4.99 Å². The molecule has 3 N–H and O–H groups in total. The highest BCUT2D eigenvalue weighted by Gasteiger charge is 2.24. The van der Waals surface area contributed by atoms with Gasteiger partial charge in [-0.15, -0.1) is 0 Å². The van der Waals surface area contributed by atoms with E-state index in [-0.39, 0.29) is 12.1 Å². The van der Waals surface area contributed by atoms with Crippen molar-refractivity contribution in [3.05, 3.63) is 70.7 Å². The topological polar surface area (TPSA) is 50.4 Å². The lowest BCUT2D eigenvalue weighted by atomic mass is 9.94. The molecule has 2 unspecified atom stereocenters. The molecule has 1 aliphatic heterocycles. The summed E-state index contributed by atoms with van der Waals surface area (Å²) in [6.45, 7) is 0. The first kappa shape index (κ1) is 13.0. The highest BCUT2D eigenvalue weighted by Crippen LogP contribution is 2.32. The van der Waals surface area contributed by atoms with E-state index in [1.807, 2.05) is 42.5 Å². The van der Waals surface area contributed by atoms with Gasteiger partial charge in [0.2, 0.25) is 0 Å². The molecule has 20 heavy (non-hydrogen) atoms. The predicted molar refractivity (Wildman–Crippen MR) is 82.8 cm³/mol. The molecule has 0 amide bonds. The van der Waals surface area contributed by atoms with Gasteiger partial charge in [0, 0.05) is 5.02 Å². The van der Waals surface area contributed by atoms with Crippen LogP contribution in [-0.4, -0.2) is 5.96 Å². The van der Waals surface area contributed by atoms with Crippen LogP contribution in [0.1, 0.15) is 29.6 Å². The lowest BCUT2D eigenvalue weighted by molar-refractivity contribution is 0.487. The third-order valence-electron chi connectivity index (χ3n) is 3.51. The van der Waals surface area contributed by atoms with Crippen molar-refractivity contribution in [3.8, 4) is 0 Å². The first-order chi connectivity index (χ1) is 9.72. The monoisotopic (exact) mass is 285 g/mol. The largest absolute Gasteiger partial charge is 0.370 e. The van der Waals surface area contributed by atoms with Crippen molar-refractivity contribution in [2.75, 3.05) is 0 Å². The van der Waals surface area contributed by atoms with Crippen LogP contribution in [0.3, 0.4) is 0 Å². The fourth-order valence-electron chi connectivity index (χ4n) is 2.55. The van der Waals surface area contributed by atoms with Crippen LogP contribution in [0.15, 0.2) is 59.6 Å². The summed E-state index contributed by atoms with van der Waals surface area (Å²) in [5.41, 5.74) is 8.25. The highest BCUT2D eigenvalue weighted by molar-refractivity contribution is 6.30. The second-order valence-electron chi connectivity index (χ2n) is 4.93. The van der Waals surface area contributed by atoms with Gasteiger partial charge in [-0.3, -0.25) is 0 Å². The molecule has 2 atom stereocenters. The molecule has 0 saturated carbocycles. The fraction of sp³-hybridized carbons (Fsp3) is 0.188. The highest BCUT2D eigenvalue weighted by atomic mass is 35.5. The number of guanidine groups is 1. The smallest absolute Gasteiger partial charge is 0.189 e. The molecule has 1 aliphatic rings. The maximum Gasteiger partial charge on any atom is 0.189 e. The minimum absolute atomic E-state index is 0.0418. The molecule has 0 bridgehead atoms. The van der Waals surface area contributed by atoms with Crippen molar-refractivity contribution < 1.29 is 0 Å². The second kappa shape index (κ2) is 5.55. The third kappa shape index (κ3) is 2.78. The zero-order valence-corrected chi connectivity index (χ0v) is 11.7. The van der Waals surface area contributed by atoms with Gasteiger partial charge in [-0.1, -0.05) is 54.1 Å². The Hall–Kier alpha value is -2.00. The predicted octanol–water partition coefficient (Wildman–Crippen LogP) is 3.43. The van der Waals surface area contributed by atoms with Gasteiger partial charge >= 0.3 is 0 Å². The Bertz CT molecular complexity index is 625. The maximum absolute atomic E-state index is 6.06. The Labute approximate surface area is 123 Å². The number of aliphatic imine (C=N–C) groups is 1. The zero-order valence-electron chi connectivity index (χ0n) is 11.0.